The Morgan fingerprint density at radius 2 is 2.27 bits per heavy atom. The van der Waals surface area contributed by atoms with Gasteiger partial charge in [0.1, 0.15) is 11.5 Å². The number of rotatable bonds is 4. The first-order valence-electron chi connectivity index (χ1n) is 3.30. The topological polar surface area (TPSA) is 45.4 Å². The van der Waals surface area contributed by atoms with Crippen LogP contribution in [-0.4, -0.2) is 11.5 Å². The molecule has 0 amide bonds. The molecule has 0 saturated heterocycles. The molecular weight excluding hydrogens is 162 g/mol. The number of furan rings is 1. The molecule has 11 heavy (non-hydrogen) atoms. The molecule has 0 aliphatic heterocycles. The summed E-state index contributed by atoms with van der Waals surface area (Å²) in [6.07, 6.45) is 2.02. The van der Waals surface area contributed by atoms with Gasteiger partial charge in [0.15, 0.2) is 0 Å². The number of hydroxylamine groups is 1. The minimum atomic E-state index is 0.369. The van der Waals surface area contributed by atoms with Crippen molar-refractivity contribution in [2.45, 2.75) is 12.3 Å². The van der Waals surface area contributed by atoms with E-state index >= 15 is 0 Å². The third kappa shape index (κ3) is 2.57. The normalized spacial score (nSPS) is 10.4. The van der Waals surface area contributed by atoms with Crippen LogP contribution in [0.25, 0.3) is 0 Å². The zero-order chi connectivity index (χ0) is 8.10. The number of hydrogen-bond donors (Lipinski definition) is 2. The predicted octanol–water partition coefficient (Wildman–Crippen LogP) is 1.62. The Bertz CT molecular complexity index is 191. The smallest absolute Gasteiger partial charge is 0.120 e. The summed E-state index contributed by atoms with van der Waals surface area (Å²) in [4.78, 5) is 0. The molecule has 3 nitrogen and oxygen atoms in total. The Morgan fingerprint density at radius 1 is 1.55 bits per heavy atom. The van der Waals surface area contributed by atoms with Gasteiger partial charge in [0.2, 0.25) is 0 Å². The SMILES string of the molecule is CSCc1ccc(CNO)o1. The molecule has 0 aliphatic carbocycles. The molecule has 62 valence electrons. The molecular formula is C7H11NO2S. The lowest BCUT2D eigenvalue weighted by atomic mass is 10.4. The summed E-state index contributed by atoms with van der Waals surface area (Å²) in [7, 11) is 0. The molecule has 0 bridgehead atoms. The quantitative estimate of drug-likeness (QED) is 0.679. The zero-order valence-corrected chi connectivity index (χ0v) is 7.15. The van der Waals surface area contributed by atoms with Crippen LogP contribution in [0.15, 0.2) is 16.5 Å². The average molecular weight is 173 g/mol. The predicted molar refractivity (Wildman–Crippen MR) is 44.6 cm³/mol. The van der Waals surface area contributed by atoms with Crippen LogP contribution in [0.5, 0.6) is 0 Å². The fourth-order valence-electron chi connectivity index (χ4n) is 0.815. The maximum Gasteiger partial charge on any atom is 0.120 e. The molecule has 0 radical (unpaired) electrons. The van der Waals surface area contributed by atoms with E-state index < -0.39 is 0 Å². The molecule has 4 heteroatoms. The van der Waals surface area contributed by atoms with E-state index in [1.165, 1.54) is 0 Å². The molecule has 0 aliphatic rings. The van der Waals surface area contributed by atoms with Crippen molar-refractivity contribution in [2.24, 2.45) is 0 Å². The molecule has 1 heterocycles. The fraction of sp³-hybridized carbons (Fsp3) is 0.429. The lowest BCUT2D eigenvalue weighted by molar-refractivity contribution is 0.153. The van der Waals surface area contributed by atoms with Crippen LogP contribution in [-0.2, 0) is 12.3 Å². The maximum absolute atomic E-state index is 8.34. The lowest BCUT2D eigenvalue weighted by Gasteiger charge is -1.92. The standard InChI is InChI=1S/C7H11NO2S/c1-11-5-7-3-2-6(10-7)4-8-9/h2-3,8-9H,4-5H2,1H3. The molecule has 0 atom stereocenters. The molecule has 1 aromatic heterocycles. The number of hydrogen-bond acceptors (Lipinski definition) is 4. The Labute approximate surface area is 69.7 Å². The van der Waals surface area contributed by atoms with Gasteiger partial charge in [0, 0.05) is 0 Å². The highest BCUT2D eigenvalue weighted by molar-refractivity contribution is 7.97. The van der Waals surface area contributed by atoms with E-state index in [4.69, 9.17) is 9.62 Å². The summed E-state index contributed by atoms with van der Waals surface area (Å²) in [5, 5.41) is 8.34. The van der Waals surface area contributed by atoms with Crippen LogP contribution in [0.1, 0.15) is 11.5 Å². The molecule has 0 fully saturated rings. The second kappa shape index (κ2) is 4.43. The summed E-state index contributed by atoms with van der Waals surface area (Å²) < 4.78 is 5.32. The highest BCUT2D eigenvalue weighted by atomic mass is 32.2. The number of nitrogens with one attached hydrogen (secondary N) is 1. The zero-order valence-electron chi connectivity index (χ0n) is 6.33. The highest BCUT2D eigenvalue weighted by Gasteiger charge is 1.99. The molecule has 2 N–H and O–H groups in total. The van der Waals surface area contributed by atoms with Crippen LogP contribution >= 0.6 is 11.8 Å². The van der Waals surface area contributed by atoms with E-state index in [0.29, 0.717) is 6.54 Å². The van der Waals surface area contributed by atoms with Gasteiger partial charge in [-0.1, -0.05) is 0 Å². The van der Waals surface area contributed by atoms with Gasteiger partial charge >= 0.3 is 0 Å². The van der Waals surface area contributed by atoms with Crippen LogP contribution < -0.4 is 5.48 Å². The van der Waals surface area contributed by atoms with E-state index in [1.54, 1.807) is 11.8 Å². The van der Waals surface area contributed by atoms with E-state index in [2.05, 4.69) is 0 Å². The first kappa shape index (κ1) is 8.64. The molecule has 1 rings (SSSR count). The molecule has 0 unspecified atom stereocenters. The van der Waals surface area contributed by atoms with Crippen molar-refractivity contribution in [1.29, 1.82) is 0 Å². The van der Waals surface area contributed by atoms with E-state index in [-0.39, 0.29) is 0 Å². The van der Waals surface area contributed by atoms with Gasteiger partial charge in [0.05, 0.1) is 12.3 Å². The van der Waals surface area contributed by atoms with Gasteiger partial charge < -0.3 is 9.62 Å². The van der Waals surface area contributed by atoms with Gasteiger partial charge in [-0.3, -0.25) is 0 Å². The van der Waals surface area contributed by atoms with Gasteiger partial charge in [-0.15, -0.1) is 0 Å². The second-order valence-electron chi connectivity index (χ2n) is 2.14. The number of thioether (sulfide) groups is 1. The third-order valence-electron chi connectivity index (χ3n) is 1.26. The van der Waals surface area contributed by atoms with Crippen molar-refractivity contribution >= 4 is 11.8 Å². The highest BCUT2D eigenvalue weighted by Crippen LogP contribution is 2.12. The minimum absolute atomic E-state index is 0.369. The van der Waals surface area contributed by atoms with E-state index in [1.807, 2.05) is 23.9 Å². The van der Waals surface area contributed by atoms with Gasteiger partial charge in [-0.05, 0) is 18.4 Å². The third-order valence-corrected chi connectivity index (χ3v) is 1.83. The molecule has 0 saturated carbocycles. The first-order valence-corrected chi connectivity index (χ1v) is 4.69. The summed E-state index contributed by atoms with van der Waals surface area (Å²) in [6, 6.07) is 3.78. The van der Waals surface area contributed by atoms with Crippen LogP contribution in [0.4, 0.5) is 0 Å². The lowest BCUT2D eigenvalue weighted by Crippen LogP contribution is -2.04. The van der Waals surface area contributed by atoms with Crippen LogP contribution in [0, 0.1) is 0 Å². The second-order valence-corrected chi connectivity index (χ2v) is 3.00. The van der Waals surface area contributed by atoms with Crippen molar-refractivity contribution in [2.75, 3.05) is 6.26 Å². The van der Waals surface area contributed by atoms with Crippen LogP contribution in [0.2, 0.25) is 0 Å². The molecule has 0 spiro atoms. The average Bonchev–Trinajstić information content (AvgIpc) is 2.38. The Hall–Kier alpha value is -0.450. The Morgan fingerprint density at radius 3 is 2.91 bits per heavy atom. The molecule has 0 aromatic carbocycles. The Balaban J connectivity index is 2.51. The van der Waals surface area contributed by atoms with Gasteiger partial charge in [-0.2, -0.15) is 17.2 Å². The van der Waals surface area contributed by atoms with Crippen molar-refractivity contribution in [3.8, 4) is 0 Å². The van der Waals surface area contributed by atoms with Crippen molar-refractivity contribution in [3.05, 3.63) is 23.7 Å². The van der Waals surface area contributed by atoms with Gasteiger partial charge in [-0.25, -0.2) is 0 Å². The van der Waals surface area contributed by atoms with Crippen molar-refractivity contribution in [3.63, 3.8) is 0 Å². The van der Waals surface area contributed by atoms with Gasteiger partial charge in [0.25, 0.3) is 0 Å². The fourth-order valence-corrected chi connectivity index (χ4v) is 1.25. The summed E-state index contributed by atoms with van der Waals surface area (Å²) >= 11 is 1.71. The van der Waals surface area contributed by atoms with E-state index in [9.17, 15) is 0 Å². The monoisotopic (exact) mass is 173 g/mol. The Kier molecular flexibility index (Phi) is 3.48. The summed E-state index contributed by atoms with van der Waals surface area (Å²) in [6.45, 7) is 0.369. The van der Waals surface area contributed by atoms with E-state index in [0.717, 1.165) is 17.3 Å². The summed E-state index contributed by atoms with van der Waals surface area (Å²) in [5.41, 5.74) is 2.04. The minimum Gasteiger partial charge on any atom is -0.464 e. The molecule has 1 aromatic rings. The van der Waals surface area contributed by atoms with Crippen molar-refractivity contribution < 1.29 is 9.62 Å². The maximum atomic E-state index is 8.34. The first-order chi connectivity index (χ1) is 5.36. The van der Waals surface area contributed by atoms with Crippen LogP contribution in [0.3, 0.4) is 0 Å². The summed E-state index contributed by atoms with van der Waals surface area (Å²) in [5.74, 6) is 2.59. The van der Waals surface area contributed by atoms with Crippen molar-refractivity contribution in [1.82, 2.24) is 5.48 Å². The largest absolute Gasteiger partial charge is 0.464 e.